The molecule has 1 heterocycles. The van der Waals surface area contributed by atoms with Gasteiger partial charge in [0.15, 0.2) is 0 Å². The van der Waals surface area contributed by atoms with Gasteiger partial charge in [0.2, 0.25) is 5.91 Å². The zero-order chi connectivity index (χ0) is 15.1. The molecule has 21 heavy (non-hydrogen) atoms. The quantitative estimate of drug-likeness (QED) is 0.836. The molecule has 2 N–H and O–H groups in total. The Balaban J connectivity index is 1.86. The lowest BCUT2D eigenvalue weighted by Crippen LogP contribution is -2.70. The highest BCUT2D eigenvalue weighted by Crippen LogP contribution is 2.34. The standard InChI is InChI=1S/C16H20F2N2O/c1-15(11-7-12(17)9-13(18)8-11)10-19-16(14(21)20-15)5-3-2-4-6-16/h7-9,19H,2-6,10H2,1H3,(H,20,21). The zero-order valence-corrected chi connectivity index (χ0v) is 12.1. The van der Waals surface area contributed by atoms with E-state index in [0.717, 1.165) is 38.2 Å². The Morgan fingerprint density at radius 3 is 2.24 bits per heavy atom. The lowest BCUT2D eigenvalue weighted by atomic mass is 9.76. The molecule has 1 aromatic rings. The van der Waals surface area contributed by atoms with Crippen LogP contribution < -0.4 is 10.6 Å². The summed E-state index contributed by atoms with van der Waals surface area (Å²) in [5, 5.41) is 6.34. The predicted octanol–water partition coefficient (Wildman–Crippen LogP) is 2.60. The van der Waals surface area contributed by atoms with Crippen LogP contribution in [0.4, 0.5) is 8.78 Å². The Kier molecular flexibility index (Phi) is 3.48. The summed E-state index contributed by atoms with van der Waals surface area (Å²) in [4.78, 5) is 12.6. The second kappa shape index (κ2) is 5.05. The van der Waals surface area contributed by atoms with E-state index in [1.165, 1.54) is 12.1 Å². The van der Waals surface area contributed by atoms with E-state index in [4.69, 9.17) is 0 Å². The minimum Gasteiger partial charge on any atom is -0.344 e. The van der Waals surface area contributed by atoms with Crippen molar-refractivity contribution < 1.29 is 13.6 Å². The Morgan fingerprint density at radius 1 is 1.05 bits per heavy atom. The number of halogens is 2. The summed E-state index contributed by atoms with van der Waals surface area (Å²) in [6, 6.07) is 3.40. The number of hydrogen-bond acceptors (Lipinski definition) is 2. The average Bonchev–Trinajstić information content (AvgIpc) is 2.44. The topological polar surface area (TPSA) is 41.1 Å². The molecule has 1 amide bonds. The maximum Gasteiger partial charge on any atom is 0.241 e. The van der Waals surface area contributed by atoms with Gasteiger partial charge in [0.1, 0.15) is 11.6 Å². The molecule has 5 heteroatoms. The summed E-state index contributed by atoms with van der Waals surface area (Å²) in [5.41, 5.74) is -0.835. The summed E-state index contributed by atoms with van der Waals surface area (Å²) < 4.78 is 26.9. The number of amides is 1. The van der Waals surface area contributed by atoms with Crippen molar-refractivity contribution in [3.05, 3.63) is 35.4 Å². The fourth-order valence-corrected chi connectivity index (χ4v) is 3.45. The maximum absolute atomic E-state index is 13.4. The Labute approximate surface area is 123 Å². The highest BCUT2D eigenvalue weighted by Gasteiger charge is 2.47. The average molecular weight is 294 g/mol. The number of carbonyl (C=O) groups excluding carboxylic acids is 1. The molecule has 1 saturated heterocycles. The van der Waals surface area contributed by atoms with Crippen molar-refractivity contribution in [2.45, 2.75) is 50.1 Å². The molecule has 3 rings (SSSR count). The molecule has 0 bridgehead atoms. The summed E-state index contributed by atoms with van der Waals surface area (Å²) >= 11 is 0. The number of carbonyl (C=O) groups is 1. The molecule has 1 aliphatic heterocycles. The molecule has 1 spiro atoms. The lowest BCUT2D eigenvalue weighted by molar-refractivity contribution is -0.134. The first kappa shape index (κ1) is 14.4. The van der Waals surface area contributed by atoms with Crippen LogP contribution in [0.3, 0.4) is 0 Å². The van der Waals surface area contributed by atoms with Crippen molar-refractivity contribution in [2.75, 3.05) is 6.54 Å². The summed E-state index contributed by atoms with van der Waals surface area (Å²) in [6.07, 6.45) is 4.87. The van der Waals surface area contributed by atoms with Crippen LogP contribution in [0.1, 0.15) is 44.6 Å². The third kappa shape index (κ3) is 2.55. The van der Waals surface area contributed by atoms with Crippen LogP contribution in [0.15, 0.2) is 18.2 Å². The molecule has 0 aromatic heterocycles. The van der Waals surface area contributed by atoms with E-state index < -0.39 is 22.7 Å². The van der Waals surface area contributed by atoms with E-state index in [-0.39, 0.29) is 5.91 Å². The molecule has 114 valence electrons. The largest absolute Gasteiger partial charge is 0.344 e. The Morgan fingerprint density at radius 2 is 1.67 bits per heavy atom. The van der Waals surface area contributed by atoms with Crippen LogP contribution in [0, 0.1) is 11.6 Å². The molecule has 1 unspecified atom stereocenters. The SMILES string of the molecule is CC1(c2cc(F)cc(F)c2)CNC2(CCCCC2)C(=O)N1. The smallest absolute Gasteiger partial charge is 0.241 e. The second-order valence-electron chi connectivity index (χ2n) is 6.44. The summed E-state index contributed by atoms with van der Waals surface area (Å²) in [6.45, 7) is 2.27. The van der Waals surface area contributed by atoms with Gasteiger partial charge < -0.3 is 10.6 Å². The van der Waals surface area contributed by atoms with Gasteiger partial charge in [-0.2, -0.15) is 0 Å². The van der Waals surface area contributed by atoms with Gasteiger partial charge in [-0.3, -0.25) is 4.79 Å². The van der Waals surface area contributed by atoms with E-state index in [0.29, 0.717) is 12.1 Å². The third-order valence-electron chi connectivity index (χ3n) is 4.81. The monoisotopic (exact) mass is 294 g/mol. The molecule has 1 atom stereocenters. The maximum atomic E-state index is 13.4. The van der Waals surface area contributed by atoms with E-state index in [2.05, 4.69) is 10.6 Å². The minimum absolute atomic E-state index is 0.0550. The molecular weight excluding hydrogens is 274 g/mol. The fraction of sp³-hybridized carbons (Fsp3) is 0.562. The van der Waals surface area contributed by atoms with Crippen LogP contribution in [0.25, 0.3) is 0 Å². The predicted molar refractivity (Wildman–Crippen MR) is 75.7 cm³/mol. The van der Waals surface area contributed by atoms with E-state index in [1.807, 2.05) is 0 Å². The lowest BCUT2D eigenvalue weighted by Gasteiger charge is -2.47. The normalized spacial score (nSPS) is 28.4. The van der Waals surface area contributed by atoms with Crippen molar-refractivity contribution in [1.29, 1.82) is 0 Å². The second-order valence-corrected chi connectivity index (χ2v) is 6.44. The van der Waals surface area contributed by atoms with Crippen LogP contribution in [0.2, 0.25) is 0 Å². The molecule has 3 nitrogen and oxygen atoms in total. The molecule has 1 aliphatic carbocycles. The van der Waals surface area contributed by atoms with Crippen LogP contribution in [-0.2, 0) is 10.3 Å². The van der Waals surface area contributed by atoms with Crippen LogP contribution >= 0.6 is 0 Å². The van der Waals surface area contributed by atoms with Crippen molar-refractivity contribution >= 4 is 5.91 Å². The van der Waals surface area contributed by atoms with Crippen molar-refractivity contribution in [1.82, 2.24) is 10.6 Å². The van der Waals surface area contributed by atoms with Crippen molar-refractivity contribution in [3.8, 4) is 0 Å². The minimum atomic E-state index is -0.789. The number of rotatable bonds is 1. The van der Waals surface area contributed by atoms with Gasteiger partial charge in [-0.1, -0.05) is 19.3 Å². The third-order valence-corrected chi connectivity index (χ3v) is 4.81. The molecule has 1 saturated carbocycles. The Hall–Kier alpha value is -1.49. The van der Waals surface area contributed by atoms with Gasteiger partial charge in [0.05, 0.1) is 11.1 Å². The highest BCUT2D eigenvalue weighted by atomic mass is 19.1. The van der Waals surface area contributed by atoms with Crippen molar-refractivity contribution in [3.63, 3.8) is 0 Å². The first-order valence-electron chi connectivity index (χ1n) is 7.48. The number of piperazine rings is 1. The fourth-order valence-electron chi connectivity index (χ4n) is 3.45. The van der Waals surface area contributed by atoms with E-state index in [1.54, 1.807) is 6.92 Å². The summed E-state index contributed by atoms with van der Waals surface area (Å²) in [5.74, 6) is -1.31. The van der Waals surface area contributed by atoms with Gasteiger partial charge in [-0.25, -0.2) is 8.78 Å². The van der Waals surface area contributed by atoms with Gasteiger partial charge in [-0.05, 0) is 37.5 Å². The van der Waals surface area contributed by atoms with Crippen LogP contribution in [-0.4, -0.2) is 18.0 Å². The van der Waals surface area contributed by atoms with Gasteiger partial charge >= 0.3 is 0 Å². The molecule has 2 fully saturated rings. The van der Waals surface area contributed by atoms with Gasteiger partial charge in [-0.15, -0.1) is 0 Å². The first-order chi connectivity index (χ1) is 9.93. The van der Waals surface area contributed by atoms with Gasteiger partial charge in [0, 0.05) is 12.6 Å². The molecule has 1 aromatic carbocycles. The Bertz CT molecular complexity index is 549. The highest BCUT2D eigenvalue weighted by molar-refractivity contribution is 5.88. The zero-order valence-electron chi connectivity index (χ0n) is 12.1. The van der Waals surface area contributed by atoms with Crippen LogP contribution in [0.5, 0.6) is 0 Å². The number of hydrogen-bond donors (Lipinski definition) is 2. The number of nitrogens with one attached hydrogen (secondary N) is 2. The molecule has 0 radical (unpaired) electrons. The molecule has 2 aliphatic rings. The van der Waals surface area contributed by atoms with Gasteiger partial charge in [0.25, 0.3) is 0 Å². The van der Waals surface area contributed by atoms with E-state index >= 15 is 0 Å². The number of benzene rings is 1. The summed E-state index contributed by atoms with van der Waals surface area (Å²) in [7, 11) is 0. The molecular formula is C16H20F2N2O. The van der Waals surface area contributed by atoms with Crippen molar-refractivity contribution in [2.24, 2.45) is 0 Å². The first-order valence-corrected chi connectivity index (χ1v) is 7.48. The van der Waals surface area contributed by atoms with E-state index in [9.17, 15) is 13.6 Å².